The maximum Gasteiger partial charge on any atom is 0.408 e. The summed E-state index contributed by atoms with van der Waals surface area (Å²) in [6.45, 7) is 3.89. The molecule has 3 aromatic carbocycles. The van der Waals surface area contributed by atoms with Gasteiger partial charge >= 0.3 is 12.1 Å². The van der Waals surface area contributed by atoms with E-state index in [9.17, 15) is 14.4 Å². The highest BCUT2D eigenvalue weighted by atomic mass is 16.6. The van der Waals surface area contributed by atoms with Gasteiger partial charge in [0, 0.05) is 17.7 Å². The Bertz CT molecular complexity index is 2030. The van der Waals surface area contributed by atoms with Gasteiger partial charge in [0.25, 0.3) is 0 Å². The topological polar surface area (TPSA) is 163 Å². The molecule has 1 unspecified atom stereocenters. The van der Waals surface area contributed by atoms with E-state index in [1.165, 1.54) is 7.11 Å². The Morgan fingerprint density at radius 2 is 1.84 bits per heavy atom. The molecule has 0 aliphatic carbocycles. The van der Waals surface area contributed by atoms with Gasteiger partial charge in [-0.2, -0.15) is 0 Å². The molecule has 4 aliphatic heterocycles. The predicted octanol–water partition coefficient (Wildman–Crippen LogP) is 4.14. The number of carbonyl (C=O) groups excluding carboxylic acids is 3. The minimum atomic E-state index is -1.07. The molecule has 13 nitrogen and oxygen atoms in total. The maximum absolute atomic E-state index is 14.1. The van der Waals surface area contributed by atoms with Crippen molar-refractivity contribution in [3.8, 4) is 5.75 Å². The van der Waals surface area contributed by atoms with Crippen molar-refractivity contribution < 1.29 is 37.7 Å². The number of hydrogen-bond acceptors (Lipinski definition) is 11. The number of ether oxygens (including phenoxy) is 4. The van der Waals surface area contributed by atoms with Crippen molar-refractivity contribution in [3.05, 3.63) is 112 Å². The molecular formula is C37H35N5O8. The van der Waals surface area contributed by atoms with Crippen LogP contribution in [0.5, 0.6) is 5.75 Å². The summed E-state index contributed by atoms with van der Waals surface area (Å²) in [4.78, 5) is 49.1. The van der Waals surface area contributed by atoms with E-state index >= 15 is 0 Å². The molecule has 4 bridgehead atoms. The van der Waals surface area contributed by atoms with E-state index in [1.54, 1.807) is 0 Å². The Kier molecular flexibility index (Phi) is 7.69. The lowest BCUT2D eigenvalue weighted by atomic mass is 9.72. The Balaban J connectivity index is 1.27. The summed E-state index contributed by atoms with van der Waals surface area (Å²) in [7, 11) is 1.30. The zero-order chi connectivity index (χ0) is 34.6. The Morgan fingerprint density at radius 3 is 2.64 bits per heavy atom. The van der Waals surface area contributed by atoms with Crippen molar-refractivity contribution in [1.29, 1.82) is 0 Å². The van der Waals surface area contributed by atoms with Crippen LogP contribution in [0.15, 0.2) is 82.2 Å². The van der Waals surface area contributed by atoms with Crippen molar-refractivity contribution >= 4 is 29.6 Å². The highest BCUT2D eigenvalue weighted by Gasteiger charge is 2.61. The number of aromatic nitrogens is 1. The summed E-state index contributed by atoms with van der Waals surface area (Å²) in [6.07, 6.45) is -1.20. The quantitative estimate of drug-likeness (QED) is 0.253. The first kappa shape index (κ1) is 31.4. The fourth-order valence-corrected chi connectivity index (χ4v) is 7.12. The first-order valence-corrected chi connectivity index (χ1v) is 16.5. The molecule has 0 saturated heterocycles. The second-order valence-electron chi connectivity index (χ2n) is 13.0. The van der Waals surface area contributed by atoms with E-state index < -0.39 is 47.7 Å². The first-order chi connectivity index (χ1) is 24.3. The molecule has 2 amide bonds. The van der Waals surface area contributed by atoms with E-state index in [-0.39, 0.29) is 43.0 Å². The third-order valence-electron chi connectivity index (χ3n) is 9.57. The molecule has 8 rings (SSSR count). The number of fused-ring (bicyclic) bond motifs is 4. The second-order valence-corrected chi connectivity index (χ2v) is 13.0. The van der Waals surface area contributed by atoms with Gasteiger partial charge in [0.05, 0.1) is 7.11 Å². The van der Waals surface area contributed by atoms with Crippen LogP contribution in [0.25, 0.3) is 0 Å². The van der Waals surface area contributed by atoms with Gasteiger partial charge in [-0.3, -0.25) is 4.79 Å². The summed E-state index contributed by atoms with van der Waals surface area (Å²) in [6, 6.07) is 20.3. The number of nitrogens with one attached hydrogen (secondary N) is 3. The molecular weight excluding hydrogens is 642 g/mol. The van der Waals surface area contributed by atoms with Gasteiger partial charge in [0.15, 0.2) is 23.7 Å². The zero-order valence-corrected chi connectivity index (χ0v) is 27.6. The summed E-state index contributed by atoms with van der Waals surface area (Å²) < 4.78 is 29.8. The fraction of sp³-hybridized carbons (Fsp3) is 0.324. The summed E-state index contributed by atoms with van der Waals surface area (Å²) in [5, 5.41) is 9.39. The summed E-state index contributed by atoms with van der Waals surface area (Å²) in [5.41, 5.74) is 3.31. The third kappa shape index (κ3) is 5.11. The van der Waals surface area contributed by atoms with E-state index in [0.29, 0.717) is 11.5 Å². The van der Waals surface area contributed by atoms with Crippen molar-refractivity contribution in [2.75, 3.05) is 19.0 Å². The number of aliphatic imine (C=N–C) groups is 1. The Morgan fingerprint density at radius 1 is 1.04 bits per heavy atom. The van der Waals surface area contributed by atoms with Gasteiger partial charge in [0.1, 0.15) is 36.5 Å². The molecule has 0 saturated carbocycles. The largest absolute Gasteiger partial charge is 0.473 e. The maximum atomic E-state index is 14.1. The van der Waals surface area contributed by atoms with Gasteiger partial charge in [-0.15, -0.1) is 0 Å². The molecule has 0 fully saturated rings. The average Bonchev–Trinajstić information content (AvgIpc) is 3.90. The van der Waals surface area contributed by atoms with Crippen LogP contribution in [0.3, 0.4) is 0 Å². The van der Waals surface area contributed by atoms with Crippen LogP contribution >= 0.6 is 0 Å². The standard InChI is InChI=1S/C37H35N5O8/c1-19(2)28-33-42-29(32-38-26(18-47-32)34(44)46-3)30(50-33)37-22-11-7-8-12-24(22)39-35(37)49-27-14-13-21(15-23(27)37)16-25(31(43)41-28)40-36(45)48-17-20-9-5-4-6-10-20/h4-15,19,25-26,28,35,39H,16-18H2,1-3H3,(H,40,45)(H,41,43)/t25-,26-,28-,35-,37?/m0/s1. The van der Waals surface area contributed by atoms with E-state index in [1.807, 2.05) is 86.6 Å². The normalized spacial score (nSPS) is 24.2. The number of nitrogens with zero attached hydrogens (tertiary/aromatic N) is 2. The fourth-order valence-electron chi connectivity index (χ4n) is 7.12. The van der Waals surface area contributed by atoms with Gasteiger partial charge in [0.2, 0.25) is 17.7 Å². The van der Waals surface area contributed by atoms with Crippen LogP contribution < -0.4 is 20.7 Å². The molecule has 50 heavy (non-hydrogen) atoms. The summed E-state index contributed by atoms with van der Waals surface area (Å²) >= 11 is 0. The zero-order valence-electron chi connectivity index (χ0n) is 27.6. The van der Waals surface area contributed by atoms with Crippen LogP contribution in [0.2, 0.25) is 0 Å². The van der Waals surface area contributed by atoms with Gasteiger partial charge in [-0.25, -0.2) is 19.6 Å². The lowest BCUT2D eigenvalue weighted by molar-refractivity contribution is -0.142. The molecule has 1 spiro atoms. The lowest BCUT2D eigenvalue weighted by Gasteiger charge is -2.28. The number of hydrogen-bond donors (Lipinski definition) is 3. The molecule has 1 aromatic heterocycles. The van der Waals surface area contributed by atoms with Crippen LogP contribution in [0.1, 0.15) is 59.5 Å². The number of esters is 1. The number of anilines is 1. The summed E-state index contributed by atoms with van der Waals surface area (Å²) in [5.74, 6) is 0.162. The van der Waals surface area contributed by atoms with Gasteiger partial charge < -0.3 is 39.3 Å². The number of oxazole rings is 1. The minimum Gasteiger partial charge on any atom is -0.473 e. The van der Waals surface area contributed by atoms with Gasteiger partial charge in [-0.1, -0.05) is 74.5 Å². The van der Waals surface area contributed by atoms with Crippen LogP contribution in [-0.2, 0) is 42.2 Å². The number of carbonyl (C=O) groups is 3. The van der Waals surface area contributed by atoms with Crippen molar-refractivity contribution in [2.24, 2.45) is 10.9 Å². The number of amides is 2. The highest BCUT2D eigenvalue weighted by Crippen LogP contribution is 2.58. The molecule has 4 aromatic rings. The number of para-hydroxylation sites is 1. The predicted molar refractivity (Wildman–Crippen MR) is 179 cm³/mol. The SMILES string of the molecule is COC(=O)[C@@H]1COC(c2nc3oc2C24c5ccccc5N[C@H]2Oc2ccc(cc24)C[C@H](NC(=O)OCc2ccccc2)C(=O)N[C@H]3C(C)C)=N1. The third-order valence-corrected chi connectivity index (χ3v) is 9.57. The molecule has 5 atom stereocenters. The Labute approximate surface area is 287 Å². The van der Waals surface area contributed by atoms with Crippen LogP contribution in [0.4, 0.5) is 10.5 Å². The molecule has 13 heteroatoms. The lowest BCUT2D eigenvalue weighted by Crippen LogP contribution is -2.49. The molecule has 4 aliphatic rings. The van der Waals surface area contributed by atoms with E-state index in [2.05, 4.69) is 20.9 Å². The molecule has 5 heterocycles. The van der Waals surface area contributed by atoms with Gasteiger partial charge in [-0.05, 0) is 34.7 Å². The van der Waals surface area contributed by atoms with E-state index in [0.717, 1.165) is 27.9 Å². The van der Waals surface area contributed by atoms with Crippen molar-refractivity contribution in [1.82, 2.24) is 15.6 Å². The monoisotopic (exact) mass is 677 g/mol. The number of rotatable bonds is 6. The Hall–Kier alpha value is -5.85. The number of alkyl carbamates (subject to hydrolysis) is 1. The van der Waals surface area contributed by atoms with Crippen molar-refractivity contribution in [2.45, 2.75) is 56.6 Å². The first-order valence-electron chi connectivity index (χ1n) is 16.5. The second kappa shape index (κ2) is 12.2. The molecule has 3 N–H and O–H groups in total. The number of methoxy groups -OCH3 is 1. The van der Waals surface area contributed by atoms with Crippen molar-refractivity contribution in [3.63, 3.8) is 0 Å². The van der Waals surface area contributed by atoms with Crippen LogP contribution in [-0.4, -0.2) is 60.9 Å². The average molecular weight is 678 g/mol. The minimum absolute atomic E-state index is 0.0236. The molecule has 256 valence electrons. The number of benzene rings is 3. The molecule has 0 radical (unpaired) electrons. The smallest absolute Gasteiger partial charge is 0.408 e. The van der Waals surface area contributed by atoms with E-state index in [4.69, 9.17) is 28.3 Å². The van der Waals surface area contributed by atoms with Crippen LogP contribution in [0, 0.1) is 5.92 Å². The highest BCUT2D eigenvalue weighted by molar-refractivity contribution is 5.98.